The molecule has 4 rings (SSSR count). The summed E-state index contributed by atoms with van der Waals surface area (Å²) in [5.41, 5.74) is 1.18. The first-order valence-corrected chi connectivity index (χ1v) is 10.8. The van der Waals surface area contributed by atoms with Gasteiger partial charge in [-0.1, -0.05) is 30.3 Å². The number of carbonyl (C=O) groups is 1. The van der Waals surface area contributed by atoms with Crippen molar-refractivity contribution in [2.24, 2.45) is 5.14 Å². The van der Waals surface area contributed by atoms with Gasteiger partial charge in [-0.3, -0.25) is 14.2 Å². The van der Waals surface area contributed by atoms with Crippen LogP contribution in [0.3, 0.4) is 0 Å². The number of sulfonamides is 1. The molecule has 3 N–H and O–H groups in total. The Morgan fingerprint density at radius 1 is 1.00 bits per heavy atom. The highest BCUT2D eigenvalue weighted by molar-refractivity contribution is 7.89. The summed E-state index contributed by atoms with van der Waals surface area (Å²) in [7, 11) is -3.84. The van der Waals surface area contributed by atoms with Gasteiger partial charge in [0.1, 0.15) is 11.2 Å². The van der Waals surface area contributed by atoms with Gasteiger partial charge in [0.25, 0.3) is 11.5 Å². The maximum Gasteiger partial charge on any atom is 0.265 e. The zero-order valence-electron chi connectivity index (χ0n) is 16.2. The molecule has 9 heteroatoms. The third-order valence-corrected chi connectivity index (χ3v) is 5.65. The third-order valence-electron chi connectivity index (χ3n) is 4.72. The van der Waals surface area contributed by atoms with Crippen LogP contribution < -0.4 is 16.0 Å². The number of primary sulfonamides is 1. The first kappa shape index (κ1) is 20.5. The van der Waals surface area contributed by atoms with Crippen molar-refractivity contribution in [2.45, 2.75) is 11.4 Å². The van der Waals surface area contributed by atoms with Crippen LogP contribution in [0.4, 0.5) is 5.69 Å². The van der Waals surface area contributed by atoms with Gasteiger partial charge in [0.15, 0.2) is 0 Å². The van der Waals surface area contributed by atoms with Crippen LogP contribution in [0.25, 0.3) is 11.0 Å². The monoisotopic (exact) mass is 434 g/mol. The summed E-state index contributed by atoms with van der Waals surface area (Å²) in [6.45, 7) is 0.261. The fourth-order valence-electron chi connectivity index (χ4n) is 3.21. The second-order valence-electron chi connectivity index (χ2n) is 6.87. The molecule has 2 aromatic heterocycles. The SMILES string of the molecule is NS(=O)(=O)c1ccc(NC(=O)c2cc3cccnc3n(Cc3ccccc3)c2=O)cc1. The molecule has 0 aliphatic heterocycles. The number of amides is 1. The van der Waals surface area contributed by atoms with Crippen molar-refractivity contribution in [3.63, 3.8) is 0 Å². The van der Waals surface area contributed by atoms with Crippen molar-refractivity contribution >= 4 is 32.7 Å². The lowest BCUT2D eigenvalue weighted by Gasteiger charge is -2.12. The van der Waals surface area contributed by atoms with Gasteiger partial charge in [-0.15, -0.1) is 0 Å². The highest BCUT2D eigenvalue weighted by Crippen LogP contribution is 2.16. The highest BCUT2D eigenvalue weighted by Gasteiger charge is 2.17. The molecule has 8 nitrogen and oxygen atoms in total. The van der Waals surface area contributed by atoms with E-state index >= 15 is 0 Å². The summed E-state index contributed by atoms with van der Waals surface area (Å²) < 4.78 is 24.2. The second-order valence-corrected chi connectivity index (χ2v) is 8.44. The molecule has 31 heavy (non-hydrogen) atoms. The Labute approximate surface area is 178 Å². The van der Waals surface area contributed by atoms with Crippen LogP contribution in [-0.4, -0.2) is 23.9 Å². The molecule has 0 radical (unpaired) electrons. The van der Waals surface area contributed by atoms with Crippen LogP contribution in [0.5, 0.6) is 0 Å². The van der Waals surface area contributed by atoms with Crippen LogP contribution in [0.15, 0.2) is 88.7 Å². The van der Waals surface area contributed by atoms with Crippen molar-refractivity contribution in [3.8, 4) is 0 Å². The van der Waals surface area contributed by atoms with Gasteiger partial charge < -0.3 is 5.32 Å². The molecule has 0 atom stereocenters. The van der Waals surface area contributed by atoms with E-state index in [1.165, 1.54) is 34.9 Å². The molecule has 0 saturated heterocycles. The quantitative estimate of drug-likeness (QED) is 0.499. The number of fused-ring (bicyclic) bond motifs is 1. The second kappa shape index (κ2) is 8.13. The number of carbonyl (C=O) groups excluding carboxylic acids is 1. The normalized spacial score (nSPS) is 11.4. The number of pyridine rings is 2. The molecule has 2 aromatic carbocycles. The standard InChI is InChI=1S/C22H18N4O4S/c23-31(29,30)18-10-8-17(9-11-18)25-21(27)19-13-16-7-4-12-24-20(16)26(22(19)28)14-15-5-2-1-3-6-15/h1-13H,14H2,(H,25,27)(H2,23,29,30). The molecule has 0 bridgehead atoms. The molecule has 4 aromatic rings. The lowest BCUT2D eigenvalue weighted by molar-refractivity contribution is 0.102. The van der Waals surface area contributed by atoms with Gasteiger partial charge in [0.2, 0.25) is 10.0 Å². The van der Waals surface area contributed by atoms with Crippen LogP contribution in [0.1, 0.15) is 15.9 Å². The number of hydrogen-bond donors (Lipinski definition) is 2. The number of anilines is 1. The lowest BCUT2D eigenvalue weighted by Crippen LogP contribution is -2.30. The average molecular weight is 434 g/mol. The predicted molar refractivity (Wildman–Crippen MR) is 117 cm³/mol. The predicted octanol–water partition coefficient (Wildman–Crippen LogP) is 2.34. The van der Waals surface area contributed by atoms with Gasteiger partial charge in [-0.05, 0) is 48.0 Å². The maximum absolute atomic E-state index is 13.2. The summed E-state index contributed by atoms with van der Waals surface area (Å²) >= 11 is 0. The zero-order valence-corrected chi connectivity index (χ0v) is 17.0. The lowest BCUT2D eigenvalue weighted by atomic mass is 10.1. The summed E-state index contributed by atoms with van der Waals surface area (Å²) in [5, 5.41) is 8.36. The molecular formula is C22H18N4O4S. The fourth-order valence-corrected chi connectivity index (χ4v) is 3.72. The van der Waals surface area contributed by atoms with Gasteiger partial charge in [0, 0.05) is 17.3 Å². The third kappa shape index (κ3) is 4.37. The number of benzene rings is 2. The van der Waals surface area contributed by atoms with E-state index in [0.29, 0.717) is 16.7 Å². The summed E-state index contributed by atoms with van der Waals surface area (Å²) in [5.74, 6) is -0.610. The molecule has 0 spiro atoms. The van der Waals surface area contributed by atoms with Crippen LogP contribution in [0.2, 0.25) is 0 Å². The van der Waals surface area contributed by atoms with E-state index in [1.807, 2.05) is 30.3 Å². The average Bonchev–Trinajstić information content (AvgIpc) is 2.76. The van der Waals surface area contributed by atoms with Gasteiger partial charge in [-0.25, -0.2) is 18.5 Å². The number of aromatic nitrogens is 2. The van der Waals surface area contributed by atoms with Crippen LogP contribution in [-0.2, 0) is 16.6 Å². The zero-order chi connectivity index (χ0) is 22.0. The molecule has 156 valence electrons. The summed E-state index contributed by atoms with van der Waals surface area (Å²) in [6.07, 6.45) is 1.59. The Morgan fingerprint density at radius 2 is 1.71 bits per heavy atom. The van der Waals surface area contributed by atoms with Crippen molar-refractivity contribution in [1.29, 1.82) is 0 Å². The molecule has 0 aliphatic rings. The maximum atomic E-state index is 13.2. The highest BCUT2D eigenvalue weighted by atomic mass is 32.2. The number of rotatable bonds is 5. The smallest absolute Gasteiger partial charge is 0.265 e. The Morgan fingerprint density at radius 3 is 2.39 bits per heavy atom. The molecule has 0 unspecified atom stereocenters. The van der Waals surface area contributed by atoms with Gasteiger partial charge in [0.05, 0.1) is 11.4 Å². The Kier molecular flexibility index (Phi) is 5.37. The van der Waals surface area contributed by atoms with Crippen molar-refractivity contribution in [2.75, 3.05) is 5.32 Å². The molecule has 0 aliphatic carbocycles. The first-order chi connectivity index (χ1) is 14.8. The van der Waals surface area contributed by atoms with E-state index in [4.69, 9.17) is 5.14 Å². The van der Waals surface area contributed by atoms with Gasteiger partial charge in [-0.2, -0.15) is 0 Å². The van der Waals surface area contributed by atoms with Crippen molar-refractivity contribution in [1.82, 2.24) is 9.55 Å². The Bertz CT molecular complexity index is 1430. The number of nitrogens with one attached hydrogen (secondary N) is 1. The van der Waals surface area contributed by atoms with E-state index in [1.54, 1.807) is 18.3 Å². The molecule has 1 amide bonds. The van der Waals surface area contributed by atoms with E-state index in [0.717, 1.165) is 5.56 Å². The van der Waals surface area contributed by atoms with Crippen molar-refractivity contribution in [3.05, 3.63) is 100 Å². The van der Waals surface area contributed by atoms with E-state index in [2.05, 4.69) is 10.3 Å². The van der Waals surface area contributed by atoms with Gasteiger partial charge >= 0.3 is 0 Å². The minimum atomic E-state index is -3.84. The Hall–Kier alpha value is -3.82. The molecule has 0 fully saturated rings. The first-order valence-electron chi connectivity index (χ1n) is 9.29. The molecular weight excluding hydrogens is 416 g/mol. The number of nitrogens with zero attached hydrogens (tertiary/aromatic N) is 2. The summed E-state index contributed by atoms with van der Waals surface area (Å²) in [4.78, 5) is 30.3. The van der Waals surface area contributed by atoms with E-state index < -0.39 is 21.5 Å². The van der Waals surface area contributed by atoms with Crippen LogP contribution >= 0.6 is 0 Å². The topological polar surface area (TPSA) is 124 Å². The molecule has 2 heterocycles. The minimum Gasteiger partial charge on any atom is -0.322 e. The van der Waals surface area contributed by atoms with E-state index in [-0.39, 0.29) is 17.0 Å². The minimum absolute atomic E-state index is 0.0491. The number of hydrogen-bond acceptors (Lipinski definition) is 5. The fraction of sp³-hybridized carbons (Fsp3) is 0.0455. The van der Waals surface area contributed by atoms with Crippen molar-refractivity contribution < 1.29 is 13.2 Å². The van der Waals surface area contributed by atoms with Crippen LogP contribution in [0, 0.1) is 0 Å². The summed E-state index contributed by atoms with van der Waals surface area (Å²) in [6, 6.07) is 19.8. The number of nitrogens with two attached hydrogens (primary N) is 1. The molecule has 0 saturated carbocycles. The largest absolute Gasteiger partial charge is 0.322 e. The Balaban J connectivity index is 1.72. The van der Waals surface area contributed by atoms with E-state index in [9.17, 15) is 18.0 Å².